The van der Waals surface area contributed by atoms with Crippen LogP contribution in [0.4, 0.5) is 0 Å². The van der Waals surface area contributed by atoms with E-state index in [1.807, 2.05) is 48.5 Å². The van der Waals surface area contributed by atoms with Gasteiger partial charge in [-0.15, -0.1) is 14.8 Å². The first-order valence-electron chi connectivity index (χ1n) is 8.54. The number of rotatable bonds is 3. The molecule has 0 saturated carbocycles. The van der Waals surface area contributed by atoms with Crippen molar-refractivity contribution in [2.75, 3.05) is 0 Å². The van der Waals surface area contributed by atoms with Crippen LogP contribution in [0.1, 0.15) is 5.56 Å². The molecule has 5 aromatic rings. The van der Waals surface area contributed by atoms with Crippen molar-refractivity contribution in [3.8, 4) is 22.8 Å². The minimum absolute atomic E-state index is 0.507. The van der Waals surface area contributed by atoms with E-state index in [1.54, 1.807) is 23.2 Å². The van der Waals surface area contributed by atoms with Gasteiger partial charge in [0.15, 0.2) is 5.65 Å². The molecule has 0 radical (unpaired) electrons. The zero-order valence-electron chi connectivity index (χ0n) is 14.3. The first-order valence-corrected chi connectivity index (χ1v) is 8.54. The standard InChI is InChI=1S/C21H14N6/c1-3-7-15(8-4-1)13-17-19(16-9-5-2-6-10-16)25-27-21(17)24-20(26-27)18-14-22-11-12-23-18/h1-14H/b17-13-. The van der Waals surface area contributed by atoms with Gasteiger partial charge in [-0.1, -0.05) is 60.7 Å². The normalized spacial score (nSPS) is 11.9. The number of nitrogens with zero attached hydrogens (tertiary/aromatic N) is 6. The Labute approximate surface area is 154 Å². The molecule has 0 aliphatic carbocycles. The van der Waals surface area contributed by atoms with Crippen LogP contribution in [0.25, 0.3) is 34.5 Å². The molecule has 6 nitrogen and oxygen atoms in total. The summed E-state index contributed by atoms with van der Waals surface area (Å²) < 4.78 is 1.57. The lowest BCUT2D eigenvalue weighted by Crippen LogP contribution is -2.04. The molecule has 0 bridgehead atoms. The van der Waals surface area contributed by atoms with Crippen molar-refractivity contribution in [3.63, 3.8) is 0 Å². The molecule has 0 aliphatic heterocycles. The molecule has 0 N–H and O–H groups in total. The predicted octanol–water partition coefficient (Wildman–Crippen LogP) is 2.80. The van der Waals surface area contributed by atoms with Gasteiger partial charge in [0, 0.05) is 23.2 Å². The SMILES string of the molecule is C(/c1ccccc1)=c1\c(-c2ccccc2)nn2nc(-c3cnccn3)nc12. The lowest BCUT2D eigenvalue weighted by Gasteiger charge is -1.97. The van der Waals surface area contributed by atoms with Crippen molar-refractivity contribution in [1.82, 2.24) is 29.8 Å². The molecule has 0 unspecified atom stereocenters. The molecule has 0 atom stereocenters. The third-order valence-electron chi connectivity index (χ3n) is 4.23. The summed E-state index contributed by atoms with van der Waals surface area (Å²) in [5, 5.41) is 10.1. The molecule has 0 spiro atoms. The van der Waals surface area contributed by atoms with Crippen LogP contribution in [0, 0.1) is 0 Å². The number of hydrogen-bond acceptors (Lipinski definition) is 5. The van der Waals surface area contributed by atoms with E-state index in [4.69, 9.17) is 0 Å². The number of fused-ring (bicyclic) bond motifs is 1. The van der Waals surface area contributed by atoms with Crippen LogP contribution >= 0.6 is 0 Å². The van der Waals surface area contributed by atoms with Gasteiger partial charge in [-0.25, -0.2) is 9.97 Å². The third kappa shape index (κ3) is 2.83. The highest BCUT2D eigenvalue weighted by Crippen LogP contribution is 2.17. The first-order chi connectivity index (χ1) is 13.4. The van der Waals surface area contributed by atoms with Gasteiger partial charge < -0.3 is 0 Å². The third-order valence-corrected chi connectivity index (χ3v) is 4.23. The van der Waals surface area contributed by atoms with Crippen molar-refractivity contribution in [1.29, 1.82) is 0 Å². The van der Waals surface area contributed by atoms with Gasteiger partial charge in [0.2, 0.25) is 5.82 Å². The van der Waals surface area contributed by atoms with E-state index in [-0.39, 0.29) is 0 Å². The van der Waals surface area contributed by atoms with Crippen LogP contribution in [0.5, 0.6) is 0 Å². The predicted molar refractivity (Wildman–Crippen MR) is 102 cm³/mol. The zero-order valence-corrected chi connectivity index (χ0v) is 14.3. The van der Waals surface area contributed by atoms with Crippen molar-refractivity contribution in [3.05, 3.63) is 90.0 Å². The Kier molecular flexibility index (Phi) is 3.65. The maximum atomic E-state index is 4.69. The maximum Gasteiger partial charge on any atom is 0.204 e. The second-order valence-corrected chi connectivity index (χ2v) is 6.02. The van der Waals surface area contributed by atoms with Crippen LogP contribution in [-0.4, -0.2) is 29.8 Å². The average molecular weight is 350 g/mol. The Morgan fingerprint density at radius 2 is 1.59 bits per heavy atom. The van der Waals surface area contributed by atoms with E-state index in [0.29, 0.717) is 17.2 Å². The Hall–Kier alpha value is -3.93. The second kappa shape index (κ2) is 6.42. The van der Waals surface area contributed by atoms with Crippen molar-refractivity contribution >= 4 is 11.7 Å². The second-order valence-electron chi connectivity index (χ2n) is 6.02. The Morgan fingerprint density at radius 3 is 2.33 bits per heavy atom. The minimum Gasteiger partial charge on any atom is -0.261 e. The Balaban J connectivity index is 1.77. The first kappa shape index (κ1) is 15.3. The summed E-state index contributed by atoms with van der Waals surface area (Å²) >= 11 is 0. The number of hydrogen-bond donors (Lipinski definition) is 0. The highest BCUT2D eigenvalue weighted by Gasteiger charge is 2.15. The lowest BCUT2D eigenvalue weighted by atomic mass is 10.1. The van der Waals surface area contributed by atoms with Crippen LogP contribution in [0.2, 0.25) is 0 Å². The van der Waals surface area contributed by atoms with Gasteiger partial charge in [0.25, 0.3) is 0 Å². The fourth-order valence-corrected chi connectivity index (χ4v) is 2.98. The molecular weight excluding hydrogens is 336 g/mol. The number of aromatic nitrogens is 6. The fourth-order valence-electron chi connectivity index (χ4n) is 2.98. The summed E-state index contributed by atoms with van der Waals surface area (Å²) in [5.41, 5.74) is 4.26. The van der Waals surface area contributed by atoms with E-state index in [0.717, 1.165) is 22.0 Å². The molecule has 27 heavy (non-hydrogen) atoms. The highest BCUT2D eigenvalue weighted by molar-refractivity contribution is 5.71. The molecule has 3 heterocycles. The lowest BCUT2D eigenvalue weighted by molar-refractivity contribution is 0.826. The highest BCUT2D eigenvalue weighted by atomic mass is 15.5. The van der Waals surface area contributed by atoms with Gasteiger partial charge in [-0.3, -0.25) is 4.98 Å². The molecule has 128 valence electrons. The zero-order chi connectivity index (χ0) is 18.1. The molecular formula is C21H14N6. The summed E-state index contributed by atoms with van der Waals surface area (Å²) in [4.78, 5) is 13.1. The van der Waals surface area contributed by atoms with Crippen LogP contribution < -0.4 is 5.22 Å². The largest absolute Gasteiger partial charge is 0.261 e. The molecule has 0 fully saturated rings. The van der Waals surface area contributed by atoms with Gasteiger partial charge in [-0.2, -0.15) is 0 Å². The van der Waals surface area contributed by atoms with Crippen molar-refractivity contribution in [2.24, 2.45) is 0 Å². The summed E-state index contributed by atoms with van der Waals surface area (Å²) in [7, 11) is 0. The quantitative estimate of drug-likeness (QED) is 0.500. The van der Waals surface area contributed by atoms with Gasteiger partial charge >= 0.3 is 0 Å². The van der Waals surface area contributed by atoms with E-state index >= 15 is 0 Å². The van der Waals surface area contributed by atoms with Crippen molar-refractivity contribution in [2.45, 2.75) is 0 Å². The minimum atomic E-state index is 0.507. The summed E-state index contributed by atoms with van der Waals surface area (Å²) in [5.74, 6) is 0.507. The van der Waals surface area contributed by atoms with Crippen molar-refractivity contribution < 1.29 is 0 Å². The molecule has 6 heteroatoms. The van der Waals surface area contributed by atoms with E-state index in [2.05, 4.69) is 43.4 Å². The molecule has 0 aliphatic rings. The van der Waals surface area contributed by atoms with Crippen LogP contribution in [-0.2, 0) is 0 Å². The van der Waals surface area contributed by atoms with Crippen LogP contribution in [0.3, 0.4) is 0 Å². The monoisotopic (exact) mass is 350 g/mol. The van der Waals surface area contributed by atoms with Gasteiger partial charge in [0.05, 0.1) is 6.20 Å². The van der Waals surface area contributed by atoms with Gasteiger partial charge in [-0.05, 0) is 11.6 Å². The van der Waals surface area contributed by atoms with Crippen LogP contribution in [0.15, 0.2) is 79.3 Å². The summed E-state index contributed by atoms with van der Waals surface area (Å²) in [6.07, 6.45) is 6.98. The van der Waals surface area contributed by atoms with Gasteiger partial charge in [0.1, 0.15) is 11.4 Å². The maximum absolute atomic E-state index is 4.69. The molecule has 5 rings (SSSR count). The number of benzene rings is 2. The molecule has 2 aromatic carbocycles. The van der Waals surface area contributed by atoms with E-state index in [9.17, 15) is 0 Å². The Morgan fingerprint density at radius 1 is 0.815 bits per heavy atom. The smallest absolute Gasteiger partial charge is 0.204 e. The Bertz CT molecular complexity index is 1250. The van der Waals surface area contributed by atoms with E-state index in [1.165, 1.54) is 0 Å². The van der Waals surface area contributed by atoms with E-state index < -0.39 is 0 Å². The topological polar surface area (TPSA) is 68.9 Å². The molecule has 3 aromatic heterocycles. The molecule has 0 amide bonds. The summed E-state index contributed by atoms with van der Waals surface area (Å²) in [6.45, 7) is 0. The summed E-state index contributed by atoms with van der Waals surface area (Å²) in [6, 6.07) is 20.2. The molecule has 0 saturated heterocycles. The fraction of sp³-hybridized carbons (Fsp3) is 0. The average Bonchev–Trinajstić information content (AvgIpc) is 3.30.